The van der Waals surface area contributed by atoms with E-state index in [4.69, 9.17) is 9.47 Å². The van der Waals surface area contributed by atoms with Gasteiger partial charge in [-0.25, -0.2) is 0 Å². The van der Waals surface area contributed by atoms with Crippen molar-refractivity contribution in [1.82, 2.24) is 0 Å². The molecule has 0 spiro atoms. The molecule has 0 bridgehead atoms. The van der Waals surface area contributed by atoms with Crippen molar-refractivity contribution in [2.45, 2.75) is 44.3 Å². The van der Waals surface area contributed by atoms with Crippen molar-refractivity contribution in [2.75, 3.05) is 19.0 Å². The fourth-order valence-electron chi connectivity index (χ4n) is 2.42. The molecule has 1 fully saturated rings. The molecule has 5 heteroatoms. The van der Waals surface area contributed by atoms with Gasteiger partial charge in [-0.05, 0) is 43.5 Å². The zero-order valence-corrected chi connectivity index (χ0v) is 12.4. The third-order valence-electron chi connectivity index (χ3n) is 3.63. The number of aliphatic hydroxyl groups is 1. The van der Waals surface area contributed by atoms with Crippen LogP contribution in [0.4, 0.5) is 5.69 Å². The molecule has 1 aromatic rings. The molecular weight excluding hydrogens is 270 g/mol. The molecule has 1 aromatic carbocycles. The highest BCUT2D eigenvalue weighted by Crippen LogP contribution is 2.24. The smallest absolute Gasteiger partial charge is 0.226 e. The van der Waals surface area contributed by atoms with E-state index >= 15 is 0 Å². The van der Waals surface area contributed by atoms with Gasteiger partial charge in [-0.15, -0.1) is 0 Å². The summed E-state index contributed by atoms with van der Waals surface area (Å²) in [6.07, 6.45) is 3.67. The molecule has 1 saturated carbocycles. The number of benzene rings is 1. The summed E-state index contributed by atoms with van der Waals surface area (Å²) in [6.45, 7) is 0.409. The molecule has 2 atom stereocenters. The van der Waals surface area contributed by atoms with E-state index in [2.05, 4.69) is 5.32 Å². The zero-order valence-electron chi connectivity index (χ0n) is 12.4. The van der Waals surface area contributed by atoms with E-state index in [9.17, 15) is 9.90 Å². The normalized spacial score (nSPS) is 21.8. The molecule has 0 unspecified atom stereocenters. The van der Waals surface area contributed by atoms with Gasteiger partial charge in [0.2, 0.25) is 5.91 Å². The van der Waals surface area contributed by atoms with Crippen molar-refractivity contribution >= 4 is 11.6 Å². The van der Waals surface area contributed by atoms with E-state index < -0.39 is 0 Å². The first-order valence-corrected chi connectivity index (χ1v) is 7.42. The van der Waals surface area contributed by atoms with Crippen LogP contribution in [0, 0.1) is 0 Å². The second-order valence-corrected chi connectivity index (χ2v) is 5.32. The maximum Gasteiger partial charge on any atom is 0.226 e. The van der Waals surface area contributed by atoms with Gasteiger partial charge < -0.3 is 19.9 Å². The minimum Gasteiger partial charge on any atom is -0.488 e. The van der Waals surface area contributed by atoms with Gasteiger partial charge in [-0.2, -0.15) is 0 Å². The molecule has 5 nitrogen and oxygen atoms in total. The number of aliphatic hydroxyl groups excluding tert-OH is 1. The second-order valence-electron chi connectivity index (χ2n) is 5.32. The van der Waals surface area contributed by atoms with Gasteiger partial charge in [0, 0.05) is 12.8 Å². The molecule has 1 aliphatic carbocycles. The van der Waals surface area contributed by atoms with Crippen molar-refractivity contribution in [3.05, 3.63) is 24.3 Å². The number of carbonyl (C=O) groups is 1. The summed E-state index contributed by atoms with van der Waals surface area (Å²) in [6, 6.07) is 7.23. The Kier molecular flexibility index (Phi) is 6.02. The van der Waals surface area contributed by atoms with Crippen molar-refractivity contribution in [1.29, 1.82) is 0 Å². The summed E-state index contributed by atoms with van der Waals surface area (Å²) >= 11 is 0. The van der Waals surface area contributed by atoms with E-state index in [0.717, 1.165) is 37.1 Å². The quantitative estimate of drug-likeness (QED) is 0.845. The van der Waals surface area contributed by atoms with Crippen LogP contribution in [0.15, 0.2) is 24.3 Å². The van der Waals surface area contributed by atoms with Gasteiger partial charge in [0.15, 0.2) is 0 Å². The Balaban J connectivity index is 1.85. The maximum absolute atomic E-state index is 11.6. The summed E-state index contributed by atoms with van der Waals surface area (Å²) < 4.78 is 10.7. The van der Waals surface area contributed by atoms with Gasteiger partial charge in [0.05, 0.1) is 19.1 Å². The van der Waals surface area contributed by atoms with Crippen LogP contribution in [0.2, 0.25) is 0 Å². The Morgan fingerprint density at radius 3 is 2.67 bits per heavy atom. The van der Waals surface area contributed by atoms with E-state index in [-0.39, 0.29) is 18.1 Å². The van der Waals surface area contributed by atoms with Gasteiger partial charge in [0.1, 0.15) is 11.9 Å². The molecule has 0 aliphatic heterocycles. The maximum atomic E-state index is 11.6. The first-order chi connectivity index (χ1) is 10.2. The number of rotatable bonds is 6. The molecule has 0 aromatic heterocycles. The molecule has 21 heavy (non-hydrogen) atoms. The number of amides is 1. The molecule has 0 heterocycles. The Bertz CT molecular complexity index is 446. The number of ether oxygens (including phenoxy) is 2. The third kappa shape index (κ3) is 5.02. The fraction of sp³-hybridized carbons (Fsp3) is 0.562. The Morgan fingerprint density at radius 2 is 2.00 bits per heavy atom. The molecular formula is C16H23NO4. The Morgan fingerprint density at radius 1 is 1.29 bits per heavy atom. The highest BCUT2D eigenvalue weighted by atomic mass is 16.5. The molecule has 2 N–H and O–H groups in total. The van der Waals surface area contributed by atoms with Crippen molar-refractivity contribution in [3.8, 4) is 5.75 Å². The average molecular weight is 293 g/mol. The zero-order chi connectivity index (χ0) is 15.1. The summed E-state index contributed by atoms with van der Waals surface area (Å²) in [5, 5.41) is 12.7. The van der Waals surface area contributed by atoms with Gasteiger partial charge >= 0.3 is 0 Å². The van der Waals surface area contributed by atoms with Crippen LogP contribution >= 0.6 is 0 Å². The summed E-state index contributed by atoms with van der Waals surface area (Å²) in [7, 11) is 1.57. The number of anilines is 1. The SMILES string of the molecule is COCCC(=O)Nc1ccc(O[C@@H]2CCCC[C@H]2O)cc1. The Labute approximate surface area is 125 Å². The van der Waals surface area contributed by atoms with Crippen LogP contribution in [0.3, 0.4) is 0 Å². The van der Waals surface area contributed by atoms with Crippen molar-refractivity contribution in [3.63, 3.8) is 0 Å². The summed E-state index contributed by atoms with van der Waals surface area (Å²) in [5.41, 5.74) is 0.729. The van der Waals surface area contributed by atoms with E-state index in [1.807, 2.05) is 12.1 Å². The van der Waals surface area contributed by atoms with Gasteiger partial charge in [0.25, 0.3) is 0 Å². The standard InChI is InChI=1S/C16H23NO4/c1-20-11-10-16(19)17-12-6-8-13(9-7-12)21-15-5-3-2-4-14(15)18/h6-9,14-15,18H,2-5,10-11H2,1H3,(H,17,19)/t14-,15-/m1/s1. The molecule has 0 saturated heterocycles. The van der Waals surface area contributed by atoms with Crippen LogP contribution in [-0.2, 0) is 9.53 Å². The molecule has 116 valence electrons. The van der Waals surface area contributed by atoms with Gasteiger partial charge in [-0.1, -0.05) is 6.42 Å². The number of hydrogen-bond donors (Lipinski definition) is 2. The first-order valence-electron chi connectivity index (χ1n) is 7.42. The molecule has 0 radical (unpaired) electrons. The van der Waals surface area contributed by atoms with Crippen LogP contribution in [-0.4, -0.2) is 36.9 Å². The monoisotopic (exact) mass is 293 g/mol. The van der Waals surface area contributed by atoms with Crippen molar-refractivity contribution in [2.24, 2.45) is 0 Å². The van der Waals surface area contributed by atoms with E-state index in [1.165, 1.54) is 0 Å². The number of carbonyl (C=O) groups excluding carboxylic acids is 1. The summed E-state index contributed by atoms with van der Waals surface area (Å²) in [4.78, 5) is 11.6. The minimum atomic E-state index is -0.382. The molecule has 1 aliphatic rings. The fourth-order valence-corrected chi connectivity index (χ4v) is 2.42. The van der Waals surface area contributed by atoms with Crippen molar-refractivity contribution < 1.29 is 19.4 Å². The molecule has 2 rings (SSSR count). The van der Waals surface area contributed by atoms with Crippen LogP contribution in [0.25, 0.3) is 0 Å². The lowest BCUT2D eigenvalue weighted by molar-refractivity contribution is -0.117. The highest BCUT2D eigenvalue weighted by molar-refractivity contribution is 5.90. The highest BCUT2D eigenvalue weighted by Gasteiger charge is 2.24. The Hall–Kier alpha value is -1.59. The predicted molar refractivity (Wildman–Crippen MR) is 80.5 cm³/mol. The largest absolute Gasteiger partial charge is 0.488 e. The third-order valence-corrected chi connectivity index (χ3v) is 3.63. The minimum absolute atomic E-state index is 0.0757. The topological polar surface area (TPSA) is 67.8 Å². The lowest BCUT2D eigenvalue weighted by atomic mass is 9.95. The van der Waals surface area contributed by atoms with Crippen LogP contribution < -0.4 is 10.1 Å². The lowest BCUT2D eigenvalue weighted by Crippen LogP contribution is -2.34. The van der Waals surface area contributed by atoms with Crippen LogP contribution in [0.1, 0.15) is 32.1 Å². The summed E-state index contributed by atoms with van der Waals surface area (Å²) in [5.74, 6) is 0.643. The lowest BCUT2D eigenvalue weighted by Gasteiger charge is -2.28. The van der Waals surface area contributed by atoms with E-state index in [1.54, 1.807) is 19.2 Å². The number of nitrogens with one attached hydrogen (secondary N) is 1. The number of methoxy groups -OCH3 is 1. The van der Waals surface area contributed by atoms with Gasteiger partial charge in [-0.3, -0.25) is 4.79 Å². The average Bonchev–Trinajstić information content (AvgIpc) is 2.49. The van der Waals surface area contributed by atoms with E-state index in [0.29, 0.717) is 13.0 Å². The van der Waals surface area contributed by atoms with Crippen LogP contribution in [0.5, 0.6) is 5.75 Å². The second kappa shape index (κ2) is 8.00. The number of hydrogen-bond acceptors (Lipinski definition) is 4. The molecule has 1 amide bonds. The predicted octanol–water partition coefficient (Wildman–Crippen LogP) is 2.34. The first kappa shape index (κ1) is 15.8.